The summed E-state index contributed by atoms with van der Waals surface area (Å²) in [6.45, 7) is 4.47. The Kier molecular flexibility index (Phi) is 7.16. The van der Waals surface area contributed by atoms with Crippen LogP contribution in [-0.2, 0) is 16.6 Å². The highest BCUT2D eigenvalue weighted by Gasteiger charge is 2.25. The molecule has 0 spiro atoms. The Morgan fingerprint density at radius 1 is 1.38 bits per heavy atom. The first-order valence-corrected chi connectivity index (χ1v) is 8.74. The number of hydrogen-bond donors (Lipinski definition) is 1. The third kappa shape index (κ3) is 4.69. The van der Waals surface area contributed by atoms with E-state index in [0.717, 1.165) is 6.42 Å². The van der Waals surface area contributed by atoms with E-state index in [1.807, 2.05) is 0 Å². The fourth-order valence-electron chi connectivity index (χ4n) is 1.87. The molecule has 0 aliphatic carbocycles. The minimum Gasteiger partial charge on any atom is -0.316 e. The number of nitrogens with one attached hydrogen (secondary N) is 1. The summed E-state index contributed by atoms with van der Waals surface area (Å²) in [6.07, 6.45) is 3.23. The molecule has 4 nitrogen and oxygen atoms in total. The Labute approximate surface area is 136 Å². The SMILES string of the molecule is C=CCCCN(C)S(=O)(=O)c1cc(Cl)cc(CNC)c1Cl. The van der Waals surface area contributed by atoms with Crippen molar-refractivity contribution < 1.29 is 8.42 Å². The highest BCUT2D eigenvalue weighted by atomic mass is 35.5. The molecule has 1 N–H and O–H groups in total. The standard InChI is InChI=1S/C14H20Cl2N2O2S/c1-4-5-6-7-18(3)21(19,20)13-9-12(15)8-11(10-17-2)14(13)16/h4,8-9,17H,1,5-7,10H2,2-3H3. The highest BCUT2D eigenvalue weighted by Crippen LogP contribution is 2.31. The Balaban J connectivity index is 3.15. The van der Waals surface area contributed by atoms with Gasteiger partial charge in [-0.25, -0.2) is 12.7 Å². The van der Waals surface area contributed by atoms with Crippen LogP contribution >= 0.6 is 23.2 Å². The molecule has 0 bridgehead atoms. The molecule has 0 aliphatic rings. The second-order valence-corrected chi connectivity index (χ2v) is 7.49. The van der Waals surface area contributed by atoms with Crippen molar-refractivity contribution in [2.24, 2.45) is 0 Å². The smallest absolute Gasteiger partial charge is 0.244 e. The Bertz CT molecular complexity index is 603. The molecule has 0 atom stereocenters. The number of sulfonamides is 1. The van der Waals surface area contributed by atoms with Gasteiger partial charge in [0.05, 0.1) is 5.02 Å². The largest absolute Gasteiger partial charge is 0.316 e. The maximum Gasteiger partial charge on any atom is 0.244 e. The number of hydrogen-bond acceptors (Lipinski definition) is 3. The lowest BCUT2D eigenvalue weighted by Crippen LogP contribution is -2.28. The van der Waals surface area contributed by atoms with Gasteiger partial charge < -0.3 is 5.32 Å². The van der Waals surface area contributed by atoms with Gasteiger partial charge in [0, 0.05) is 25.2 Å². The van der Waals surface area contributed by atoms with Crippen LogP contribution < -0.4 is 5.32 Å². The average Bonchev–Trinajstić information content (AvgIpc) is 2.42. The van der Waals surface area contributed by atoms with Crippen molar-refractivity contribution in [2.45, 2.75) is 24.3 Å². The van der Waals surface area contributed by atoms with Gasteiger partial charge in [0.15, 0.2) is 0 Å². The lowest BCUT2D eigenvalue weighted by molar-refractivity contribution is 0.463. The molecule has 1 aromatic carbocycles. The van der Waals surface area contributed by atoms with Gasteiger partial charge in [0.2, 0.25) is 10.0 Å². The number of unbranched alkanes of at least 4 members (excludes halogenated alkanes) is 1. The monoisotopic (exact) mass is 350 g/mol. The van der Waals surface area contributed by atoms with E-state index < -0.39 is 10.0 Å². The van der Waals surface area contributed by atoms with Gasteiger partial charge in [0.1, 0.15) is 4.90 Å². The van der Waals surface area contributed by atoms with Gasteiger partial charge in [-0.05, 0) is 37.6 Å². The summed E-state index contributed by atoms with van der Waals surface area (Å²) >= 11 is 12.2. The van der Waals surface area contributed by atoms with Gasteiger partial charge in [0.25, 0.3) is 0 Å². The van der Waals surface area contributed by atoms with Crippen LogP contribution in [0.5, 0.6) is 0 Å². The van der Waals surface area contributed by atoms with Gasteiger partial charge in [-0.2, -0.15) is 0 Å². The van der Waals surface area contributed by atoms with E-state index in [0.29, 0.717) is 30.1 Å². The van der Waals surface area contributed by atoms with Crippen LogP contribution in [0.15, 0.2) is 29.7 Å². The van der Waals surface area contributed by atoms with E-state index in [2.05, 4.69) is 11.9 Å². The molecule has 0 amide bonds. The van der Waals surface area contributed by atoms with E-state index in [4.69, 9.17) is 23.2 Å². The van der Waals surface area contributed by atoms with E-state index in [-0.39, 0.29) is 9.92 Å². The van der Waals surface area contributed by atoms with Crippen LogP contribution in [-0.4, -0.2) is 33.4 Å². The van der Waals surface area contributed by atoms with E-state index in [9.17, 15) is 8.42 Å². The zero-order chi connectivity index (χ0) is 16.0. The number of benzene rings is 1. The lowest BCUT2D eigenvalue weighted by atomic mass is 10.2. The summed E-state index contributed by atoms with van der Waals surface area (Å²) < 4.78 is 26.5. The summed E-state index contributed by atoms with van der Waals surface area (Å²) in [5.74, 6) is 0. The minimum atomic E-state index is -3.66. The average molecular weight is 351 g/mol. The maximum absolute atomic E-state index is 12.6. The van der Waals surface area contributed by atoms with Crippen molar-refractivity contribution >= 4 is 33.2 Å². The molecule has 0 unspecified atom stereocenters. The number of nitrogens with zero attached hydrogens (tertiary/aromatic N) is 1. The van der Waals surface area contributed by atoms with Crippen molar-refractivity contribution in [3.8, 4) is 0 Å². The molecule has 0 heterocycles. The summed E-state index contributed by atoms with van der Waals surface area (Å²) in [5, 5.41) is 3.50. The summed E-state index contributed by atoms with van der Waals surface area (Å²) in [7, 11) is -0.367. The molecule has 0 aliphatic heterocycles. The zero-order valence-corrected chi connectivity index (χ0v) is 14.5. The molecule has 0 saturated heterocycles. The number of allylic oxidation sites excluding steroid dienone is 1. The van der Waals surface area contributed by atoms with Crippen molar-refractivity contribution in [1.29, 1.82) is 0 Å². The number of halogens is 2. The van der Waals surface area contributed by atoms with Crippen LogP contribution in [0.4, 0.5) is 0 Å². The topological polar surface area (TPSA) is 49.4 Å². The third-order valence-electron chi connectivity index (χ3n) is 3.02. The first-order valence-electron chi connectivity index (χ1n) is 6.54. The predicted octanol–water partition coefficient (Wildman–Crippen LogP) is 3.30. The molecule has 0 aromatic heterocycles. The zero-order valence-electron chi connectivity index (χ0n) is 12.2. The van der Waals surface area contributed by atoms with E-state index in [1.54, 1.807) is 19.2 Å². The molecule has 1 aromatic rings. The molecule has 0 saturated carbocycles. The normalized spacial score (nSPS) is 11.9. The second-order valence-electron chi connectivity index (χ2n) is 4.66. The molecule has 118 valence electrons. The molecule has 1 rings (SSSR count). The molecular formula is C14H20Cl2N2O2S. The molecule has 21 heavy (non-hydrogen) atoms. The second kappa shape index (κ2) is 8.15. The van der Waals surface area contributed by atoms with Crippen molar-refractivity contribution in [1.82, 2.24) is 9.62 Å². The maximum atomic E-state index is 12.6. The molecule has 0 radical (unpaired) electrons. The molecular weight excluding hydrogens is 331 g/mol. The van der Waals surface area contributed by atoms with Gasteiger partial charge in [-0.1, -0.05) is 29.3 Å². The fourth-order valence-corrected chi connectivity index (χ4v) is 3.98. The highest BCUT2D eigenvalue weighted by molar-refractivity contribution is 7.89. The van der Waals surface area contributed by atoms with Crippen LogP contribution in [0.25, 0.3) is 0 Å². The van der Waals surface area contributed by atoms with E-state index >= 15 is 0 Å². The van der Waals surface area contributed by atoms with Crippen molar-refractivity contribution in [3.63, 3.8) is 0 Å². The van der Waals surface area contributed by atoms with Gasteiger partial charge >= 0.3 is 0 Å². The minimum absolute atomic E-state index is 0.0445. The Morgan fingerprint density at radius 3 is 2.62 bits per heavy atom. The molecule has 7 heteroatoms. The van der Waals surface area contributed by atoms with Crippen LogP contribution in [0.2, 0.25) is 10.0 Å². The van der Waals surface area contributed by atoms with Crippen molar-refractivity contribution in [3.05, 3.63) is 40.4 Å². The van der Waals surface area contributed by atoms with Crippen LogP contribution in [0.3, 0.4) is 0 Å². The summed E-state index contributed by atoms with van der Waals surface area (Å²) in [5.41, 5.74) is 0.657. The summed E-state index contributed by atoms with van der Waals surface area (Å²) in [6, 6.07) is 3.06. The van der Waals surface area contributed by atoms with Crippen molar-refractivity contribution in [2.75, 3.05) is 20.6 Å². The lowest BCUT2D eigenvalue weighted by Gasteiger charge is -2.19. The summed E-state index contributed by atoms with van der Waals surface area (Å²) in [4.78, 5) is 0.0445. The first-order chi connectivity index (χ1) is 9.84. The molecule has 0 fully saturated rings. The third-order valence-corrected chi connectivity index (χ3v) is 5.67. The van der Waals surface area contributed by atoms with Gasteiger partial charge in [-0.3, -0.25) is 0 Å². The number of rotatable bonds is 8. The Morgan fingerprint density at radius 2 is 2.05 bits per heavy atom. The fraction of sp³-hybridized carbons (Fsp3) is 0.429. The van der Waals surface area contributed by atoms with Gasteiger partial charge in [-0.15, -0.1) is 6.58 Å². The Hall–Kier alpha value is -0.590. The van der Waals surface area contributed by atoms with Crippen LogP contribution in [0, 0.1) is 0 Å². The van der Waals surface area contributed by atoms with Crippen LogP contribution in [0.1, 0.15) is 18.4 Å². The first kappa shape index (κ1) is 18.5. The van der Waals surface area contributed by atoms with E-state index in [1.165, 1.54) is 17.4 Å². The quantitative estimate of drug-likeness (QED) is 0.578. The predicted molar refractivity (Wildman–Crippen MR) is 88.5 cm³/mol.